The first-order valence-electron chi connectivity index (χ1n) is 5.74. The Bertz CT molecular complexity index is 711. The van der Waals surface area contributed by atoms with Gasteiger partial charge in [0.1, 0.15) is 5.82 Å². The Balaban J connectivity index is 2.39. The first-order chi connectivity index (χ1) is 8.88. The second kappa shape index (κ2) is 5.01. The number of hydrogen-bond donors (Lipinski definition) is 1. The molecule has 0 saturated heterocycles. The molecule has 0 amide bonds. The van der Waals surface area contributed by atoms with Crippen LogP contribution in [-0.2, 0) is 10.0 Å². The van der Waals surface area contributed by atoms with E-state index in [-0.39, 0.29) is 4.90 Å². The summed E-state index contributed by atoms with van der Waals surface area (Å²) in [6, 6.07) is 10.4. The third-order valence-corrected chi connectivity index (χ3v) is 4.11. The number of rotatable bonds is 3. The summed E-state index contributed by atoms with van der Waals surface area (Å²) in [4.78, 5) is -0.0894. The summed E-state index contributed by atoms with van der Waals surface area (Å²) in [5.74, 6) is -0.580. The lowest BCUT2D eigenvalue weighted by Gasteiger charge is -2.11. The van der Waals surface area contributed by atoms with E-state index in [4.69, 9.17) is 0 Å². The summed E-state index contributed by atoms with van der Waals surface area (Å²) in [5, 5.41) is 0. The van der Waals surface area contributed by atoms with E-state index in [1.807, 2.05) is 26.0 Å². The van der Waals surface area contributed by atoms with Gasteiger partial charge in [0.2, 0.25) is 0 Å². The number of nitrogens with one attached hydrogen (secondary N) is 1. The number of sulfonamides is 1. The molecule has 1 N–H and O–H groups in total. The van der Waals surface area contributed by atoms with Crippen molar-refractivity contribution in [3.05, 3.63) is 59.4 Å². The highest BCUT2D eigenvalue weighted by Gasteiger charge is 2.15. The van der Waals surface area contributed by atoms with Crippen molar-refractivity contribution in [2.75, 3.05) is 4.72 Å². The van der Waals surface area contributed by atoms with E-state index in [1.165, 1.54) is 18.2 Å². The lowest BCUT2D eigenvalue weighted by atomic mass is 10.1. The number of benzene rings is 2. The molecule has 0 aromatic heterocycles. The van der Waals surface area contributed by atoms with E-state index in [1.54, 1.807) is 6.07 Å². The molecule has 0 aliphatic rings. The molecular weight excluding hydrogens is 265 g/mol. The standard InChI is InChI=1S/C14H14FNO2S/c1-10-6-7-11(2)14(8-10)16-19(17,18)13-5-3-4-12(15)9-13/h3-9,16H,1-2H3. The Morgan fingerprint density at radius 2 is 1.79 bits per heavy atom. The minimum Gasteiger partial charge on any atom is -0.279 e. The quantitative estimate of drug-likeness (QED) is 0.937. The Labute approximate surface area is 112 Å². The highest BCUT2D eigenvalue weighted by atomic mass is 32.2. The maximum absolute atomic E-state index is 13.1. The summed E-state index contributed by atoms with van der Waals surface area (Å²) in [5.41, 5.74) is 2.26. The molecule has 0 aliphatic heterocycles. The van der Waals surface area contributed by atoms with Crippen LogP contribution in [0.15, 0.2) is 47.4 Å². The molecule has 2 aromatic carbocycles. The highest BCUT2D eigenvalue weighted by Crippen LogP contribution is 2.21. The molecule has 2 rings (SSSR count). The van der Waals surface area contributed by atoms with Crippen LogP contribution in [0.1, 0.15) is 11.1 Å². The van der Waals surface area contributed by atoms with Crippen molar-refractivity contribution in [1.29, 1.82) is 0 Å². The normalized spacial score (nSPS) is 11.3. The molecule has 5 heteroatoms. The van der Waals surface area contributed by atoms with Crippen LogP contribution < -0.4 is 4.72 Å². The monoisotopic (exact) mass is 279 g/mol. The molecule has 0 bridgehead atoms. The van der Waals surface area contributed by atoms with Gasteiger partial charge in [-0.05, 0) is 49.2 Å². The van der Waals surface area contributed by atoms with Crippen molar-refractivity contribution in [3.8, 4) is 0 Å². The lowest BCUT2D eigenvalue weighted by molar-refractivity contribution is 0.595. The van der Waals surface area contributed by atoms with E-state index in [0.29, 0.717) is 5.69 Å². The molecule has 2 aromatic rings. The van der Waals surface area contributed by atoms with Crippen LogP contribution in [0.2, 0.25) is 0 Å². The number of halogens is 1. The number of aryl methyl sites for hydroxylation is 2. The van der Waals surface area contributed by atoms with E-state index in [9.17, 15) is 12.8 Å². The van der Waals surface area contributed by atoms with Crippen molar-refractivity contribution in [3.63, 3.8) is 0 Å². The topological polar surface area (TPSA) is 46.2 Å². The Kier molecular flexibility index (Phi) is 3.57. The van der Waals surface area contributed by atoms with Gasteiger partial charge in [-0.1, -0.05) is 18.2 Å². The zero-order valence-electron chi connectivity index (χ0n) is 10.6. The van der Waals surface area contributed by atoms with Crippen molar-refractivity contribution < 1.29 is 12.8 Å². The van der Waals surface area contributed by atoms with Gasteiger partial charge in [0.25, 0.3) is 10.0 Å². The molecule has 0 saturated carbocycles. The van der Waals surface area contributed by atoms with Gasteiger partial charge in [0.15, 0.2) is 0 Å². The number of hydrogen-bond acceptors (Lipinski definition) is 2. The van der Waals surface area contributed by atoms with E-state index in [2.05, 4.69) is 4.72 Å². The average Bonchev–Trinajstić information content (AvgIpc) is 2.33. The van der Waals surface area contributed by atoms with E-state index in [0.717, 1.165) is 17.2 Å². The molecule has 0 aliphatic carbocycles. The minimum absolute atomic E-state index is 0.0894. The summed E-state index contributed by atoms with van der Waals surface area (Å²) in [6.07, 6.45) is 0. The fraction of sp³-hybridized carbons (Fsp3) is 0.143. The molecule has 0 fully saturated rings. The summed E-state index contributed by atoms with van der Waals surface area (Å²) in [7, 11) is -3.77. The van der Waals surface area contributed by atoms with Crippen LogP contribution in [0.25, 0.3) is 0 Å². The highest BCUT2D eigenvalue weighted by molar-refractivity contribution is 7.92. The van der Waals surface area contributed by atoms with Crippen molar-refractivity contribution in [2.45, 2.75) is 18.7 Å². The van der Waals surface area contributed by atoms with Crippen molar-refractivity contribution in [1.82, 2.24) is 0 Å². The van der Waals surface area contributed by atoms with E-state index < -0.39 is 15.8 Å². The van der Waals surface area contributed by atoms with E-state index >= 15 is 0 Å². The molecule has 100 valence electrons. The molecule has 0 unspecified atom stereocenters. The van der Waals surface area contributed by atoms with Crippen LogP contribution >= 0.6 is 0 Å². The second-order valence-corrected chi connectivity index (χ2v) is 6.06. The largest absolute Gasteiger partial charge is 0.279 e. The van der Waals surface area contributed by atoms with Gasteiger partial charge >= 0.3 is 0 Å². The first-order valence-corrected chi connectivity index (χ1v) is 7.22. The van der Waals surface area contributed by atoms with Gasteiger partial charge < -0.3 is 0 Å². The minimum atomic E-state index is -3.77. The molecule has 0 radical (unpaired) electrons. The predicted molar refractivity (Wildman–Crippen MR) is 73.1 cm³/mol. The fourth-order valence-corrected chi connectivity index (χ4v) is 2.84. The predicted octanol–water partition coefficient (Wildman–Crippen LogP) is 3.24. The summed E-state index contributed by atoms with van der Waals surface area (Å²) in [6.45, 7) is 3.68. The van der Waals surface area contributed by atoms with Crippen LogP contribution in [-0.4, -0.2) is 8.42 Å². The second-order valence-electron chi connectivity index (χ2n) is 4.38. The van der Waals surface area contributed by atoms with Gasteiger partial charge in [0, 0.05) is 0 Å². The van der Waals surface area contributed by atoms with Crippen molar-refractivity contribution >= 4 is 15.7 Å². The maximum Gasteiger partial charge on any atom is 0.262 e. The fourth-order valence-electron chi connectivity index (χ4n) is 1.68. The van der Waals surface area contributed by atoms with Crippen LogP contribution in [0, 0.1) is 19.7 Å². The van der Waals surface area contributed by atoms with Gasteiger partial charge in [-0.15, -0.1) is 0 Å². The van der Waals surface area contributed by atoms with Crippen LogP contribution in [0.5, 0.6) is 0 Å². The van der Waals surface area contributed by atoms with Gasteiger partial charge in [0.05, 0.1) is 10.6 Å². The average molecular weight is 279 g/mol. The third kappa shape index (κ3) is 3.12. The van der Waals surface area contributed by atoms with Crippen molar-refractivity contribution in [2.24, 2.45) is 0 Å². The Morgan fingerprint density at radius 3 is 2.47 bits per heavy atom. The van der Waals surface area contributed by atoms with Gasteiger partial charge in [-0.2, -0.15) is 0 Å². The summed E-state index contributed by atoms with van der Waals surface area (Å²) >= 11 is 0. The smallest absolute Gasteiger partial charge is 0.262 e. The molecule has 3 nitrogen and oxygen atoms in total. The maximum atomic E-state index is 13.1. The molecule has 0 atom stereocenters. The molecule has 0 spiro atoms. The molecule has 19 heavy (non-hydrogen) atoms. The van der Waals surface area contributed by atoms with Crippen LogP contribution in [0.3, 0.4) is 0 Å². The molecule has 0 heterocycles. The van der Waals surface area contributed by atoms with Gasteiger partial charge in [-0.25, -0.2) is 12.8 Å². The van der Waals surface area contributed by atoms with Gasteiger partial charge in [-0.3, -0.25) is 4.72 Å². The molecular formula is C14H14FNO2S. The zero-order chi connectivity index (χ0) is 14.0. The van der Waals surface area contributed by atoms with Crippen LogP contribution in [0.4, 0.5) is 10.1 Å². The lowest BCUT2D eigenvalue weighted by Crippen LogP contribution is -2.14. The summed E-state index contributed by atoms with van der Waals surface area (Å²) < 4.78 is 39.8. The Hall–Kier alpha value is -1.88. The zero-order valence-corrected chi connectivity index (χ0v) is 11.5. The number of anilines is 1. The third-order valence-electron chi connectivity index (χ3n) is 2.74. The first kappa shape index (κ1) is 13.5. The Morgan fingerprint density at radius 1 is 1.05 bits per heavy atom. The SMILES string of the molecule is Cc1ccc(C)c(NS(=O)(=O)c2cccc(F)c2)c1.